The van der Waals surface area contributed by atoms with Gasteiger partial charge in [-0.3, -0.25) is 4.79 Å². The van der Waals surface area contributed by atoms with E-state index < -0.39 is 0 Å². The van der Waals surface area contributed by atoms with Gasteiger partial charge in [-0.15, -0.1) is 0 Å². The van der Waals surface area contributed by atoms with Gasteiger partial charge in [-0.1, -0.05) is 6.07 Å². The number of nitrogens with two attached hydrogens (primary N) is 1. The summed E-state index contributed by atoms with van der Waals surface area (Å²) in [7, 11) is 0. The van der Waals surface area contributed by atoms with Crippen molar-refractivity contribution in [1.29, 1.82) is 0 Å². The smallest absolute Gasteiger partial charge is 0.254 e. The summed E-state index contributed by atoms with van der Waals surface area (Å²) in [4.78, 5) is 19.7. The molecule has 0 radical (unpaired) electrons. The number of nitrogens with zero attached hydrogens (tertiary/aromatic N) is 2. The molecule has 2 heterocycles. The molecule has 2 aromatic rings. The van der Waals surface area contributed by atoms with E-state index in [-0.39, 0.29) is 11.2 Å². The van der Waals surface area contributed by atoms with Crippen LogP contribution in [-0.4, -0.2) is 15.9 Å². The monoisotopic (exact) mass is 260 g/mol. The fourth-order valence-electron chi connectivity index (χ4n) is 2.10. The van der Waals surface area contributed by atoms with Gasteiger partial charge in [0.15, 0.2) is 0 Å². The molecule has 0 saturated heterocycles. The molecule has 6 heteroatoms. The average Bonchev–Trinajstić information content (AvgIpc) is 2.73. The standard InChI is InChI=1S/C12H9ClN4O/c13-12-15-4-3-9(17-12)6-1-2-8(14)10-7(6)5-16-11(10)18/h1-4H,5,14H2,(H,16,18). The molecule has 1 amide bonds. The lowest BCUT2D eigenvalue weighted by Gasteiger charge is -2.08. The van der Waals surface area contributed by atoms with E-state index in [0.29, 0.717) is 23.5 Å². The van der Waals surface area contributed by atoms with Gasteiger partial charge >= 0.3 is 0 Å². The van der Waals surface area contributed by atoms with Crippen LogP contribution in [-0.2, 0) is 6.54 Å². The Bertz CT molecular complexity index is 657. The van der Waals surface area contributed by atoms with Crippen molar-refractivity contribution in [2.24, 2.45) is 0 Å². The molecule has 1 aromatic carbocycles. The van der Waals surface area contributed by atoms with Gasteiger partial charge in [0.2, 0.25) is 5.28 Å². The van der Waals surface area contributed by atoms with E-state index >= 15 is 0 Å². The van der Waals surface area contributed by atoms with Crippen molar-refractivity contribution >= 4 is 23.2 Å². The highest BCUT2D eigenvalue weighted by Gasteiger charge is 2.25. The lowest BCUT2D eigenvalue weighted by Crippen LogP contribution is -2.13. The van der Waals surface area contributed by atoms with E-state index in [9.17, 15) is 4.79 Å². The Morgan fingerprint density at radius 2 is 2.17 bits per heavy atom. The van der Waals surface area contributed by atoms with Crippen molar-refractivity contribution < 1.29 is 4.79 Å². The van der Waals surface area contributed by atoms with Gasteiger partial charge in [0.05, 0.1) is 11.3 Å². The lowest BCUT2D eigenvalue weighted by atomic mass is 9.99. The number of hydrogen-bond donors (Lipinski definition) is 2. The molecule has 3 N–H and O–H groups in total. The molecule has 0 unspecified atom stereocenters. The second-order valence-corrected chi connectivity index (χ2v) is 4.29. The lowest BCUT2D eigenvalue weighted by molar-refractivity contribution is 0.0966. The minimum absolute atomic E-state index is 0.149. The summed E-state index contributed by atoms with van der Waals surface area (Å²) in [5.41, 5.74) is 9.21. The Labute approximate surface area is 108 Å². The molecule has 0 saturated carbocycles. The summed E-state index contributed by atoms with van der Waals surface area (Å²) in [6.07, 6.45) is 1.58. The summed E-state index contributed by atoms with van der Waals surface area (Å²) in [6.45, 7) is 0.455. The molecule has 0 atom stereocenters. The first-order valence-corrected chi connectivity index (χ1v) is 5.73. The summed E-state index contributed by atoms with van der Waals surface area (Å²) in [5.74, 6) is -0.149. The molecule has 0 spiro atoms. The van der Waals surface area contributed by atoms with Crippen molar-refractivity contribution in [3.05, 3.63) is 40.8 Å². The fraction of sp³-hybridized carbons (Fsp3) is 0.0833. The molecular weight excluding hydrogens is 252 g/mol. The van der Waals surface area contributed by atoms with Crippen molar-refractivity contribution in [2.45, 2.75) is 6.54 Å². The van der Waals surface area contributed by atoms with E-state index in [1.54, 1.807) is 18.3 Å². The predicted molar refractivity (Wildman–Crippen MR) is 68.1 cm³/mol. The zero-order valence-corrected chi connectivity index (χ0v) is 10.0. The Kier molecular flexibility index (Phi) is 2.41. The second kappa shape index (κ2) is 3.96. The number of nitrogen functional groups attached to an aromatic ring is 1. The molecule has 0 aliphatic carbocycles. The zero-order valence-electron chi connectivity index (χ0n) is 9.27. The number of nitrogens with one attached hydrogen (secondary N) is 1. The number of rotatable bonds is 1. The number of hydrogen-bond acceptors (Lipinski definition) is 4. The van der Waals surface area contributed by atoms with Crippen LogP contribution in [0, 0.1) is 0 Å². The third-order valence-electron chi connectivity index (χ3n) is 2.90. The van der Waals surface area contributed by atoms with Crippen molar-refractivity contribution in [1.82, 2.24) is 15.3 Å². The number of benzene rings is 1. The summed E-state index contributed by atoms with van der Waals surface area (Å²) >= 11 is 5.78. The highest BCUT2D eigenvalue weighted by Crippen LogP contribution is 2.31. The quantitative estimate of drug-likeness (QED) is 0.603. The van der Waals surface area contributed by atoms with Crippen LogP contribution >= 0.6 is 11.6 Å². The summed E-state index contributed by atoms with van der Waals surface area (Å²) in [6, 6.07) is 5.29. The maximum atomic E-state index is 11.7. The van der Waals surface area contributed by atoms with Crippen LogP contribution < -0.4 is 11.1 Å². The van der Waals surface area contributed by atoms with Crippen LogP contribution in [0.3, 0.4) is 0 Å². The van der Waals surface area contributed by atoms with Gasteiger partial charge in [-0.2, -0.15) is 0 Å². The van der Waals surface area contributed by atoms with Gasteiger partial charge in [-0.25, -0.2) is 9.97 Å². The fourth-order valence-corrected chi connectivity index (χ4v) is 2.25. The predicted octanol–water partition coefficient (Wildman–Crippen LogP) is 1.62. The second-order valence-electron chi connectivity index (χ2n) is 3.95. The Morgan fingerprint density at radius 1 is 1.33 bits per heavy atom. The van der Waals surface area contributed by atoms with Crippen LogP contribution in [0.15, 0.2) is 24.4 Å². The van der Waals surface area contributed by atoms with Crippen LogP contribution in [0.1, 0.15) is 15.9 Å². The van der Waals surface area contributed by atoms with Crippen molar-refractivity contribution in [3.63, 3.8) is 0 Å². The Balaban J connectivity index is 2.23. The number of carbonyl (C=O) groups is 1. The van der Waals surface area contributed by atoms with E-state index in [1.165, 1.54) is 0 Å². The van der Waals surface area contributed by atoms with Crippen LogP contribution in [0.5, 0.6) is 0 Å². The van der Waals surface area contributed by atoms with Gasteiger partial charge in [0, 0.05) is 24.0 Å². The van der Waals surface area contributed by atoms with Gasteiger partial charge in [0.1, 0.15) is 0 Å². The first-order chi connectivity index (χ1) is 8.66. The van der Waals surface area contributed by atoms with E-state index in [4.69, 9.17) is 17.3 Å². The minimum atomic E-state index is -0.149. The van der Waals surface area contributed by atoms with Crippen LogP contribution in [0.25, 0.3) is 11.3 Å². The molecule has 0 bridgehead atoms. The van der Waals surface area contributed by atoms with Gasteiger partial charge in [-0.05, 0) is 29.3 Å². The first kappa shape index (κ1) is 11.0. The minimum Gasteiger partial charge on any atom is -0.398 e. The topological polar surface area (TPSA) is 80.9 Å². The number of fused-ring (bicyclic) bond motifs is 1. The van der Waals surface area contributed by atoms with Gasteiger partial charge < -0.3 is 11.1 Å². The summed E-state index contributed by atoms with van der Waals surface area (Å²) < 4.78 is 0. The maximum Gasteiger partial charge on any atom is 0.254 e. The zero-order chi connectivity index (χ0) is 12.7. The third-order valence-corrected chi connectivity index (χ3v) is 3.08. The number of halogens is 1. The number of amides is 1. The highest BCUT2D eigenvalue weighted by molar-refractivity contribution is 6.28. The third kappa shape index (κ3) is 1.60. The number of carbonyl (C=O) groups excluding carboxylic acids is 1. The molecule has 90 valence electrons. The van der Waals surface area contributed by atoms with Crippen LogP contribution in [0.2, 0.25) is 5.28 Å². The number of aromatic nitrogens is 2. The Morgan fingerprint density at radius 3 is 2.94 bits per heavy atom. The largest absolute Gasteiger partial charge is 0.398 e. The molecule has 1 aliphatic rings. The van der Waals surface area contributed by atoms with Gasteiger partial charge in [0.25, 0.3) is 5.91 Å². The molecule has 5 nitrogen and oxygen atoms in total. The maximum absolute atomic E-state index is 11.7. The van der Waals surface area contributed by atoms with Crippen molar-refractivity contribution in [3.8, 4) is 11.3 Å². The highest BCUT2D eigenvalue weighted by atomic mass is 35.5. The normalized spacial score (nSPS) is 13.3. The SMILES string of the molecule is Nc1ccc(-c2ccnc(Cl)n2)c2c1C(=O)NC2. The summed E-state index contributed by atoms with van der Waals surface area (Å²) in [5, 5.41) is 2.93. The van der Waals surface area contributed by atoms with Crippen molar-refractivity contribution in [2.75, 3.05) is 5.73 Å². The molecule has 1 aliphatic heterocycles. The molecule has 0 fully saturated rings. The van der Waals surface area contributed by atoms with Crippen LogP contribution in [0.4, 0.5) is 5.69 Å². The molecule has 1 aromatic heterocycles. The van der Waals surface area contributed by atoms with E-state index in [0.717, 1.165) is 11.1 Å². The average molecular weight is 261 g/mol. The van der Waals surface area contributed by atoms with E-state index in [1.807, 2.05) is 6.07 Å². The molecule has 18 heavy (non-hydrogen) atoms. The molecular formula is C12H9ClN4O. The Hall–Kier alpha value is -2.14. The van der Waals surface area contributed by atoms with E-state index in [2.05, 4.69) is 15.3 Å². The molecule has 3 rings (SSSR count). The first-order valence-electron chi connectivity index (χ1n) is 5.35. The number of anilines is 1.